The fourth-order valence-electron chi connectivity index (χ4n) is 1.51. The van der Waals surface area contributed by atoms with Crippen molar-refractivity contribution in [2.45, 2.75) is 19.9 Å². The van der Waals surface area contributed by atoms with E-state index in [0.29, 0.717) is 17.3 Å². The van der Waals surface area contributed by atoms with E-state index in [2.05, 4.69) is 18.8 Å². The molecule has 0 aromatic heterocycles. The first-order valence-corrected chi connectivity index (χ1v) is 6.36. The zero-order valence-electron chi connectivity index (χ0n) is 10.8. The molecule has 0 heterocycles. The van der Waals surface area contributed by atoms with Gasteiger partial charge in [0.05, 0.1) is 4.92 Å². The van der Waals surface area contributed by atoms with Crippen LogP contribution >= 0.6 is 11.6 Å². The van der Waals surface area contributed by atoms with Gasteiger partial charge in [-0.05, 0) is 19.0 Å². The molecule has 1 aromatic carbocycles. The minimum absolute atomic E-state index is 0.0466. The lowest BCUT2D eigenvalue weighted by Crippen LogP contribution is -2.15. The molecule has 0 radical (unpaired) electrons. The van der Waals surface area contributed by atoms with Gasteiger partial charge in [0.2, 0.25) is 0 Å². The molecule has 0 fully saturated rings. The number of hydrogen-bond donors (Lipinski definition) is 1. The second-order valence-electron chi connectivity index (χ2n) is 4.03. The second-order valence-corrected chi connectivity index (χ2v) is 4.57. The molecule has 19 heavy (non-hydrogen) atoms. The van der Waals surface area contributed by atoms with Crippen molar-refractivity contribution in [3.63, 3.8) is 0 Å². The highest BCUT2D eigenvalue weighted by atomic mass is 35.5. The largest absolute Gasteiger partial charge is 0.488 e. The molecule has 0 saturated carbocycles. The number of nitrogens with one attached hydrogen (secondary N) is 1. The zero-order chi connectivity index (χ0) is 14.3. The van der Waals surface area contributed by atoms with Crippen molar-refractivity contribution in [1.29, 1.82) is 0 Å². The normalized spacial score (nSPS) is 10.2. The highest BCUT2D eigenvalue weighted by molar-refractivity contribution is 6.29. The monoisotopic (exact) mass is 284 g/mol. The molecule has 0 saturated heterocycles. The number of halogens is 1. The van der Waals surface area contributed by atoms with Crippen molar-refractivity contribution in [2.24, 2.45) is 0 Å². The summed E-state index contributed by atoms with van der Waals surface area (Å²) in [5.41, 5.74) is 0.783. The van der Waals surface area contributed by atoms with Crippen LogP contribution in [-0.2, 0) is 6.54 Å². The average Bonchev–Trinajstić information content (AvgIpc) is 2.37. The maximum atomic E-state index is 10.8. The van der Waals surface area contributed by atoms with Gasteiger partial charge >= 0.3 is 0 Å². The molecule has 104 valence electrons. The van der Waals surface area contributed by atoms with Crippen LogP contribution in [0.1, 0.15) is 18.9 Å². The van der Waals surface area contributed by atoms with E-state index in [9.17, 15) is 10.1 Å². The molecule has 1 rings (SSSR count). The number of benzene rings is 1. The summed E-state index contributed by atoms with van der Waals surface area (Å²) in [6.07, 6.45) is 0.990. The van der Waals surface area contributed by atoms with Crippen LogP contribution in [-0.4, -0.2) is 18.1 Å². The number of nitrogens with zero attached hydrogens (tertiary/aromatic N) is 1. The number of hydrogen-bond acceptors (Lipinski definition) is 4. The van der Waals surface area contributed by atoms with Crippen molar-refractivity contribution in [1.82, 2.24) is 5.32 Å². The van der Waals surface area contributed by atoms with E-state index in [0.717, 1.165) is 18.5 Å². The summed E-state index contributed by atoms with van der Waals surface area (Å²) in [6, 6.07) is 4.51. The van der Waals surface area contributed by atoms with Gasteiger partial charge in [0.15, 0.2) is 0 Å². The number of nitro benzene ring substituents is 1. The van der Waals surface area contributed by atoms with Crippen molar-refractivity contribution < 1.29 is 9.66 Å². The van der Waals surface area contributed by atoms with Gasteiger partial charge in [-0.15, -0.1) is 0 Å². The standard InChI is InChI=1S/C13H17ClN2O3/c1-3-6-15-8-11-7-12(16(17)18)4-5-13(11)19-9-10(2)14/h4-5,7,15H,2-3,6,8-9H2,1H3. The fourth-order valence-corrected chi connectivity index (χ4v) is 1.57. The molecule has 0 aliphatic rings. The van der Waals surface area contributed by atoms with Gasteiger partial charge in [-0.1, -0.05) is 25.1 Å². The van der Waals surface area contributed by atoms with E-state index in [1.807, 2.05) is 0 Å². The lowest BCUT2D eigenvalue weighted by Gasteiger charge is -2.11. The number of rotatable bonds is 8. The van der Waals surface area contributed by atoms with Gasteiger partial charge in [-0.2, -0.15) is 0 Å². The van der Waals surface area contributed by atoms with Gasteiger partial charge in [-0.25, -0.2) is 0 Å². The predicted octanol–water partition coefficient (Wildman–Crippen LogP) is 3.23. The van der Waals surface area contributed by atoms with Crippen LogP contribution in [0.15, 0.2) is 29.8 Å². The van der Waals surface area contributed by atoms with E-state index in [-0.39, 0.29) is 12.3 Å². The molecule has 0 amide bonds. The topological polar surface area (TPSA) is 64.4 Å². The molecule has 0 spiro atoms. The summed E-state index contributed by atoms with van der Waals surface area (Å²) in [4.78, 5) is 10.3. The molecule has 0 unspecified atom stereocenters. The maximum Gasteiger partial charge on any atom is 0.270 e. The van der Waals surface area contributed by atoms with Gasteiger partial charge < -0.3 is 10.1 Å². The smallest absolute Gasteiger partial charge is 0.270 e. The molecule has 1 aromatic rings. The first-order chi connectivity index (χ1) is 9.04. The summed E-state index contributed by atoms with van der Waals surface area (Å²) in [5.74, 6) is 0.580. The Balaban J connectivity index is 2.86. The predicted molar refractivity (Wildman–Crippen MR) is 75.6 cm³/mol. The van der Waals surface area contributed by atoms with Crippen molar-refractivity contribution in [2.75, 3.05) is 13.2 Å². The minimum atomic E-state index is -0.423. The summed E-state index contributed by atoms with van der Waals surface area (Å²) < 4.78 is 5.47. The Morgan fingerprint density at radius 3 is 2.89 bits per heavy atom. The minimum Gasteiger partial charge on any atom is -0.488 e. The quantitative estimate of drug-likeness (QED) is 0.452. The fraction of sp³-hybridized carbons (Fsp3) is 0.385. The number of non-ortho nitro benzene ring substituents is 1. The third-order valence-corrected chi connectivity index (χ3v) is 2.49. The third-order valence-electron chi connectivity index (χ3n) is 2.38. The Hall–Kier alpha value is -1.59. The number of ether oxygens (including phenoxy) is 1. The third kappa shape index (κ3) is 5.28. The van der Waals surface area contributed by atoms with Crippen LogP contribution in [0.25, 0.3) is 0 Å². The Kier molecular flexibility index (Phi) is 6.32. The van der Waals surface area contributed by atoms with E-state index in [4.69, 9.17) is 16.3 Å². The Labute approximate surface area is 117 Å². The molecule has 0 atom stereocenters. The van der Waals surface area contributed by atoms with Crippen molar-refractivity contribution in [3.05, 3.63) is 45.5 Å². The van der Waals surface area contributed by atoms with Gasteiger partial charge in [0.1, 0.15) is 12.4 Å². The molecular formula is C13H17ClN2O3. The number of nitro groups is 1. The van der Waals surface area contributed by atoms with Crippen LogP contribution < -0.4 is 10.1 Å². The SMILES string of the molecule is C=C(Cl)COc1ccc([N+](=O)[O-])cc1CNCCC. The van der Waals surface area contributed by atoms with Gasteiger partial charge in [0, 0.05) is 29.3 Å². The Bertz CT molecular complexity index is 463. The Morgan fingerprint density at radius 2 is 2.32 bits per heavy atom. The molecular weight excluding hydrogens is 268 g/mol. The molecule has 0 aliphatic heterocycles. The highest BCUT2D eigenvalue weighted by Crippen LogP contribution is 2.24. The second kappa shape index (κ2) is 7.76. The highest BCUT2D eigenvalue weighted by Gasteiger charge is 2.11. The van der Waals surface area contributed by atoms with Crippen LogP contribution in [0.5, 0.6) is 5.75 Å². The first kappa shape index (κ1) is 15.5. The van der Waals surface area contributed by atoms with E-state index in [1.165, 1.54) is 12.1 Å². The van der Waals surface area contributed by atoms with E-state index < -0.39 is 4.92 Å². The lowest BCUT2D eigenvalue weighted by atomic mass is 10.1. The van der Waals surface area contributed by atoms with Crippen LogP contribution in [0.3, 0.4) is 0 Å². The van der Waals surface area contributed by atoms with Crippen LogP contribution in [0, 0.1) is 10.1 Å². The van der Waals surface area contributed by atoms with E-state index in [1.54, 1.807) is 6.07 Å². The van der Waals surface area contributed by atoms with Gasteiger partial charge in [-0.3, -0.25) is 10.1 Å². The van der Waals surface area contributed by atoms with E-state index >= 15 is 0 Å². The van der Waals surface area contributed by atoms with Crippen LogP contribution in [0.4, 0.5) is 5.69 Å². The lowest BCUT2D eigenvalue weighted by molar-refractivity contribution is -0.384. The molecule has 0 bridgehead atoms. The summed E-state index contributed by atoms with van der Waals surface area (Å²) in [5, 5.41) is 14.3. The van der Waals surface area contributed by atoms with Crippen LogP contribution in [0.2, 0.25) is 0 Å². The summed E-state index contributed by atoms with van der Waals surface area (Å²) >= 11 is 5.65. The van der Waals surface area contributed by atoms with Crippen molar-refractivity contribution in [3.8, 4) is 5.75 Å². The molecule has 6 heteroatoms. The summed E-state index contributed by atoms with van der Waals surface area (Å²) in [6.45, 7) is 7.12. The average molecular weight is 285 g/mol. The van der Waals surface area contributed by atoms with Crippen molar-refractivity contribution >= 4 is 17.3 Å². The van der Waals surface area contributed by atoms with Gasteiger partial charge in [0.25, 0.3) is 5.69 Å². The Morgan fingerprint density at radius 1 is 1.58 bits per heavy atom. The zero-order valence-corrected chi connectivity index (χ0v) is 11.6. The first-order valence-electron chi connectivity index (χ1n) is 5.98. The molecule has 5 nitrogen and oxygen atoms in total. The maximum absolute atomic E-state index is 10.8. The summed E-state index contributed by atoms with van der Waals surface area (Å²) in [7, 11) is 0. The molecule has 1 N–H and O–H groups in total. The molecule has 0 aliphatic carbocycles.